The highest BCUT2D eigenvalue weighted by Crippen LogP contribution is 2.43. The van der Waals surface area contributed by atoms with E-state index in [0.29, 0.717) is 13.0 Å². The standard InChI is InChI=1S/C22H21FN2O3S/c1-15-19(9-12-28-25-11-10-24-26)22-14-17(23)5-8-20(22)21(15)13-16-3-6-18(7-4-16)29(2)27/h3-8,10-11,13-14,26H,9,12H2,1-2H3/b21-13-,24-10?,25-11?. The zero-order valence-corrected chi connectivity index (χ0v) is 16.9. The van der Waals surface area contributed by atoms with E-state index in [0.717, 1.165) is 44.5 Å². The van der Waals surface area contributed by atoms with Crippen LogP contribution in [-0.2, 0) is 15.6 Å². The molecule has 0 radical (unpaired) electrons. The summed E-state index contributed by atoms with van der Waals surface area (Å²) in [7, 11) is -1.02. The summed E-state index contributed by atoms with van der Waals surface area (Å²) >= 11 is 0. The minimum Gasteiger partial charge on any atom is -0.411 e. The van der Waals surface area contributed by atoms with Gasteiger partial charge in [-0.05, 0) is 70.7 Å². The van der Waals surface area contributed by atoms with E-state index in [1.54, 1.807) is 18.4 Å². The van der Waals surface area contributed by atoms with Crippen LogP contribution in [0.15, 0.2) is 63.2 Å². The maximum Gasteiger partial charge on any atom is 0.123 e. The van der Waals surface area contributed by atoms with Crippen molar-refractivity contribution in [3.8, 4) is 0 Å². The van der Waals surface area contributed by atoms with Gasteiger partial charge in [0.25, 0.3) is 0 Å². The Hall–Kier alpha value is -3.06. The average molecular weight is 412 g/mol. The fraction of sp³-hybridized carbons (Fsp3) is 0.182. The summed E-state index contributed by atoms with van der Waals surface area (Å²) in [6.07, 6.45) is 6.60. The Morgan fingerprint density at radius 2 is 1.90 bits per heavy atom. The SMILES string of the molecule is CC1=C(CCON=CC=NO)c2cc(F)ccc2/C1=C\c1ccc(S(C)=O)cc1. The first-order chi connectivity index (χ1) is 14.0. The molecule has 0 saturated carbocycles. The van der Waals surface area contributed by atoms with E-state index in [1.807, 2.05) is 31.2 Å². The molecule has 1 atom stereocenters. The lowest BCUT2D eigenvalue weighted by Gasteiger charge is -2.05. The van der Waals surface area contributed by atoms with Gasteiger partial charge in [0.1, 0.15) is 12.4 Å². The smallest absolute Gasteiger partial charge is 0.123 e. The molecule has 0 fully saturated rings. The van der Waals surface area contributed by atoms with Crippen LogP contribution in [0.25, 0.3) is 17.2 Å². The van der Waals surface area contributed by atoms with E-state index in [-0.39, 0.29) is 5.82 Å². The van der Waals surface area contributed by atoms with E-state index >= 15 is 0 Å². The van der Waals surface area contributed by atoms with Crippen molar-refractivity contribution in [2.75, 3.05) is 12.9 Å². The Balaban J connectivity index is 1.90. The molecule has 0 saturated heterocycles. The van der Waals surface area contributed by atoms with Crippen LogP contribution in [0.4, 0.5) is 4.39 Å². The van der Waals surface area contributed by atoms with E-state index < -0.39 is 10.8 Å². The maximum atomic E-state index is 13.9. The van der Waals surface area contributed by atoms with E-state index in [2.05, 4.69) is 16.4 Å². The first kappa shape index (κ1) is 20.7. The predicted octanol–water partition coefficient (Wildman–Crippen LogP) is 4.74. The zero-order valence-electron chi connectivity index (χ0n) is 16.1. The van der Waals surface area contributed by atoms with Crippen LogP contribution in [0.3, 0.4) is 0 Å². The second kappa shape index (κ2) is 9.43. The number of fused-ring (bicyclic) bond motifs is 1. The lowest BCUT2D eigenvalue weighted by molar-refractivity contribution is 0.152. The Bertz CT molecular complexity index is 1040. The molecule has 0 aliphatic heterocycles. The molecule has 2 aromatic rings. The molecule has 0 amide bonds. The van der Waals surface area contributed by atoms with Crippen LogP contribution in [0.1, 0.15) is 30.0 Å². The van der Waals surface area contributed by atoms with Gasteiger partial charge in [0.2, 0.25) is 0 Å². The number of benzene rings is 2. The van der Waals surface area contributed by atoms with Crippen molar-refractivity contribution in [3.05, 3.63) is 70.5 Å². The molecule has 0 aromatic heterocycles. The third-order valence-corrected chi connectivity index (χ3v) is 5.62. The summed E-state index contributed by atoms with van der Waals surface area (Å²) in [5.74, 6) is -0.289. The molecule has 29 heavy (non-hydrogen) atoms. The van der Waals surface area contributed by atoms with E-state index in [1.165, 1.54) is 12.3 Å². The number of halogens is 1. The van der Waals surface area contributed by atoms with Crippen molar-refractivity contribution >= 4 is 40.5 Å². The summed E-state index contributed by atoms with van der Waals surface area (Å²) in [5, 5.41) is 14.8. The maximum absolute atomic E-state index is 13.9. The lowest BCUT2D eigenvalue weighted by atomic mass is 10.0. The molecule has 1 aliphatic carbocycles. The third kappa shape index (κ3) is 4.86. The topological polar surface area (TPSA) is 71.2 Å². The van der Waals surface area contributed by atoms with Crippen LogP contribution in [0.2, 0.25) is 0 Å². The van der Waals surface area contributed by atoms with Gasteiger partial charge < -0.3 is 10.0 Å². The second-order valence-corrected chi connectivity index (χ2v) is 7.86. The Morgan fingerprint density at radius 1 is 1.14 bits per heavy atom. The summed E-state index contributed by atoms with van der Waals surface area (Å²) in [6, 6.07) is 12.4. The van der Waals surface area contributed by atoms with Crippen LogP contribution >= 0.6 is 0 Å². The Labute approximate surface area is 171 Å². The van der Waals surface area contributed by atoms with E-state index in [4.69, 9.17) is 10.0 Å². The zero-order chi connectivity index (χ0) is 20.8. The number of hydrogen-bond donors (Lipinski definition) is 1. The third-order valence-electron chi connectivity index (χ3n) is 4.69. The summed E-state index contributed by atoms with van der Waals surface area (Å²) < 4.78 is 25.5. The molecule has 0 bridgehead atoms. The first-order valence-electron chi connectivity index (χ1n) is 8.98. The van der Waals surface area contributed by atoms with Gasteiger partial charge in [-0.1, -0.05) is 28.5 Å². The molecular formula is C22H21FN2O3S. The molecule has 5 nitrogen and oxygen atoms in total. The van der Waals surface area contributed by atoms with Crippen molar-refractivity contribution < 1.29 is 18.6 Å². The van der Waals surface area contributed by atoms with Gasteiger partial charge in [-0.15, -0.1) is 0 Å². The molecule has 1 unspecified atom stereocenters. The molecule has 0 spiro atoms. The predicted molar refractivity (Wildman–Crippen MR) is 115 cm³/mol. The van der Waals surface area contributed by atoms with Crippen molar-refractivity contribution in [2.24, 2.45) is 10.3 Å². The van der Waals surface area contributed by atoms with Gasteiger partial charge in [-0.2, -0.15) is 0 Å². The van der Waals surface area contributed by atoms with Gasteiger partial charge >= 0.3 is 0 Å². The van der Waals surface area contributed by atoms with Gasteiger partial charge in [-0.25, -0.2) is 4.39 Å². The quantitative estimate of drug-likeness (QED) is 0.309. The summed E-state index contributed by atoms with van der Waals surface area (Å²) in [5.41, 5.74) is 5.88. The minimum absolute atomic E-state index is 0.289. The van der Waals surface area contributed by atoms with E-state index in [9.17, 15) is 8.60 Å². The first-order valence-corrected chi connectivity index (χ1v) is 10.5. The normalized spacial score (nSPS) is 16.2. The minimum atomic E-state index is -1.02. The second-order valence-electron chi connectivity index (χ2n) is 6.48. The largest absolute Gasteiger partial charge is 0.411 e. The van der Waals surface area contributed by atoms with Gasteiger partial charge in [-0.3, -0.25) is 4.21 Å². The van der Waals surface area contributed by atoms with Crippen molar-refractivity contribution in [1.29, 1.82) is 0 Å². The van der Waals surface area contributed by atoms with Crippen molar-refractivity contribution in [3.63, 3.8) is 0 Å². The van der Waals surface area contributed by atoms with Crippen molar-refractivity contribution in [1.82, 2.24) is 0 Å². The molecule has 0 heterocycles. The molecule has 7 heteroatoms. The van der Waals surface area contributed by atoms with Crippen LogP contribution in [0.5, 0.6) is 0 Å². The number of rotatable bonds is 7. The molecule has 1 aliphatic rings. The molecular weight excluding hydrogens is 391 g/mol. The molecule has 3 rings (SSSR count). The van der Waals surface area contributed by atoms with Gasteiger partial charge in [0.15, 0.2) is 0 Å². The number of allylic oxidation sites excluding steroid dienone is 2. The number of hydrogen-bond acceptors (Lipinski definition) is 5. The number of nitrogens with zero attached hydrogens (tertiary/aromatic N) is 2. The van der Waals surface area contributed by atoms with Crippen molar-refractivity contribution in [2.45, 2.75) is 18.2 Å². The Kier molecular flexibility index (Phi) is 6.72. The summed E-state index contributed by atoms with van der Waals surface area (Å²) in [4.78, 5) is 5.95. The Morgan fingerprint density at radius 3 is 2.59 bits per heavy atom. The average Bonchev–Trinajstić information content (AvgIpc) is 2.96. The highest BCUT2D eigenvalue weighted by Gasteiger charge is 2.24. The summed E-state index contributed by atoms with van der Waals surface area (Å²) in [6.45, 7) is 2.32. The van der Waals surface area contributed by atoms with Crippen LogP contribution < -0.4 is 0 Å². The fourth-order valence-electron chi connectivity index (χ4n) is 3.30. The molecule has 150 valence electrons. The fourth-order valence-corrected chi connectivity index (χ4v) is 3.82. The number of oxime groups is 2. The lowest BCUT2D eigenvalue weighted by Crippen LogP contribution is -1.93. The molecule has 1 N–H and O–H groups in total. The molecule has 2 aromatic carbocycles. The highest BCUT2D eigenvalue weighted by atomic mass is 32.2. The van der Waals surface area contributed by atoms with Gasteiger partial charge in [0, 0.05) is 28.4 Å². The highest BCUT2D eigenvalue weighted by molar-refractivity contribution is 7.84. The van der Waals surface area contributed by atoms with Crippen LogP contribution in [-0.4, -0.2) is 34.7 Å². The van der Waals surface area contributed by atoms with Crippen LogP contribution in [0, 0.1) is 5.82 Å². The monoisotopic (exact) mass is 412 g/mol. The van der Waals surface area contributed by atoms with Gasteiger partial charge in [0.05, 0.1) is 12.4 Å².